The third-order valence-electron chi connectivity index (χ3n) is 4.02. The molecule has 1 aromatic rings. The van der Waals surface area contributed by atoms with Gasteiger partial charge >= 0.3 is 12.3 Å². The van der Waals surface area contributed by atoms with Gasteiger partial charge in [-0.2, -0.15) is 13.2 Å². The molecule has 1 aliphatic rings. The van der Waals surface area contributed by atoms with Gasteiger partial charge in [0.2, 0.25) is 0 Å². The van der Waals surface area contributed by atoms with E-state index < -0.39 is 35.3 Å². The maximum Gasteiger partial charge on any atom is 0.417 e. The maximum absolute atomic E-state index is 14.3. The van der Waals surface area contributed by atoms with Gasteiger partial charge < -0.3 is 19.6 Å². The summed E-state index contributed by atoms with van der Waals surface area (Å²) in [5, 5.41) is 9.29. The van der Waals surface area contributed by atoms with E-state index in [1.807, 2.05) is 0 Å². The number of hydrogen-bond acceptors (Lipinski definition) is 5. The van der Waals surface area contributed by atoms with Gasteiger partial charge in [-0.25, -0.2) is 14.2 Å². The molecule has 0 unspecified atom stereocenters. The summed E-state index contributed by atoms with van der Waals surface area (Å²) in [6.07, 6.45) is -4.45. The molecule has 1 atom stereocenters. The van der Waals surface area contributed by atoms with Crippen molar-refractivity contribution in [2.24, 2.45) is 0 Å². The largest absolute Gasteiger partial charge is 0.444 e. The smallest absolute Gasteiger partial charge is 0.417 e. The van der Waals surface area contributed by atoms with Crippen molar-refractivity contribution in [1.82, 2.24) is 9.88 Å². The summed E-state index contributed by atoms with van der Waals surface area (Å²) >= 11 is 0. The van der Waals surface area contributed by atoms with E-state index in [9.17, 15) is 27.5 Å². The fourth-order valence-electron chi connectivity index (χ4n) is 2.82. The first kappa shape index (κ1) is 21.2. The highest BCUT2D eigenvalue weighted by Crippen LogP contribution is 2.32. The number of aromatic nitrogens is 1. The van der Waals surface area contributed by atoms with Crippen molar-refractivity contribution >= 4 is 11.9 Å². The summed E-state index contributed by atoms with van der Waals surface area (Å²) in [6.45, 7) is 5.44. The number of halogens is 4. The van der Waals surface area contributed by atoms with Crippen LogP contribution in [0.2, 0.25) is 0 Å². The molecule has 1 saturated heterocycles. The van der Waals surface area contributed by atoms with Gasteiger partial charge in [-0.15, -0.1) is 0 Å². The number of rotatable bonds is 3. The number of aliphatic hydroxyl groups is 1. The Labute approximate surface area is 154 Å². The summed E-state index contributed by atoms with van der Waals surface area (Å²) in [6, 6.07) is -0.103. The number of hydrogen-bond donors (Lipinski definition) is 1. The summed E-state index contributed by atoms with van der Waals surface area (Å²) in [5.41, 5.74) is -1.85. The number of nitrogens with zero attached hydrogens (tertiary/aromatic N) is 3. The number of ether oxygens (including phenoxy) is 1. The highest BCUT2D eigenvalue weighted by molar-refractivity contribution is 5.68. The predicted octanol–water partition coefficient (Wildman–Crippen LogP) is 3.05. The zero-order valence-corrected chi connectivity index (χ0v) is 15.4. The second kappa shape index (κ2) is 7.87. The molecule has 27 heavy (non-hydrogen) atoms. The molecular formula is C17H23F4N3O3. The van der Waals surface area contributed by atoms with Gasteiger partial charge in [0, 0.05) is 32.4 Å². The van der Waals surface area contributed by atoms with E-state index in [0.29, 0.717) is 12.3 Å². The van der Waals surface area contributed by atoms with Crippen molar-refractivity contribution in [2.45, 2.75) is 45.0 Å². The molecule has 10 heteroatoms. The van der Waals surface area contributed by atoms with Crippen molar-refractivity contribution in [3.05, 3.63) is 23.6 Å². The topological polar surface area (TPSA) is 65.9 Å². The molecule has 1 aromatic heterocycles. The molecule has 0 aliphatic carbocycles. The molecule has 6 nitrogen and oxygen atoms in total. The summed E-state index contributed by atoms with van der Waals surface area (Å²) in [7, 11) is 0. The van der Waals surface area contributed by atoms with Gasteiger partial charge in [0.1, 0.15) is 5.60 Å². The zero-order valence-electron chi connectivity index (χ0n) is 15.4. The van der Waals surface area contributed by atoms with Crippen LogP contribution in [-0.2, 0) is 10.9 Å². The minimum Gasteiger partial charge on any atom is -0.444 e. The van der Waals surface area contributed by atoms with Crippen LogP contribution in [0.5, 0.6) is 0 Å². The van der Waals surface area contributed by atoms with Crippen LogP contribution in [0.15, 0.2) is 12.3 Å². The van der Waals surface area contributed by atoms with Crippen LogP contribution in [0.3, 0.4) is 0 Å². The third-order valence-corrected chi connectivity index (χ3v) is 4.02. The Hall–Kier alpha value is -2.10. The van der Waals surface area contributed by atoms with E-state index in [1.54, 1.807) is 20.8 Å². The van der Waals surface area contributed by atoms with Crippen LogP contribution in [-0.4, -0.2) is 59.0 Å². The fourth-order valence-corrected chi connectivity index (χ4v) is 2.82. The number of pyridine rings is 1. The molecule has 0 bridgehead atoms. The lowest BCUT2D eigenvalue weighted by Crippen LogP contribution is -2.56. The minimum absolute atomic E-state index is 0.137. The number of carbonyl (C=O) groups excluding carboxylic acids is 1. The third kappa shape index (κ3) is 5.44. The number of alkyl halides is 3. The van der Waals surface area contributed by atoms with E-state index in [-0.39, 0.29) is 38.5 Å². The van der Waals surface area contributed by atoms with Gasteiger partial charge in [0.05, 0.1) is 11.6 Å². The summed E-state index contributed by atoms with van der Waals surface area (Å²) < 4.78 is 57.7. The minimum atomic E-state index is -4.69. The molecule has 1 aliphatic heterocycles. The van der Waals surface area contributed by atoms with Crippen molar-refractivity contribution < 1.29 is 32.2 Å². The Morgan fingerprint density at radius 3 is 2.52 bits per heavy atom. The Morgan fingerprint density at radius 2 is 2.00 bits per heavy atom. The average molecular weight is 393 g/mol. The van der Waals surface area contributed by atoms with Crippen LogP contribution in [0.4, 0.5) is 28.2 Å². The summed E-state index contributed by atoms with van der Waals surface area (Å²) in [4.78, 5) is 18.8. The van der Waals surface area contributed by atoms with E-state index in [0.717, 1.165) is 0 Å². The predicted molar refractivity (Wildman–Crippen MR) is 89.8 cm³/mol. The lowest BCUT2D eigenvalue weighted by molar-refractivity contribution is -0.138. The number of piperazine rings is 1. The molecule has 2 rings (SSSR count). The van der Waals surface area contributed by atoms with Gasteiger partial charge in [-0.1, -0.05) is 0 Å². The first-order valence-electron chi connectivity index (χ1n) is 8.50. The highest BCUT2D eigenvalue weighted by atomic mass is 19.4. The van der Waals surface area contributed by atoms with Crippen molar-refractivity contribution in [1.29, 1.82) is 0 Å². The van der Waals surface area contributed by atoms with Gasteiger partial charge in [0.15, 0.2) is 11.6 Å². The van der Waals surface area contributed by atoms with Crippen molar-refractivity contribution in [3.8, 4) is 0 Å². The van der Waals surface area contributed by atoms with Gasteiger partial charge in [0.25, 0.3) is 0 Å². The van der Waals surface area contributed by atoms with Crippen LogP contribution >= 0.6 is 0 Å². The van der Waals surface area contributed by atoms with Crippen LogP contribution in [0.1, 0.15) is 32.8 Å². The second-order valence-corrected chi connectivity index (χ2v) is 7.31. The number of aliphatic hydroxyl groups excluding tert-OH is 1. The first-order chi connectivity index (χ1) is 12.4. The van der Waals surface area contributed by atoms with Crippen LogP contribution in [0.25, 0.3) is 0 Å². The Kier molecular flexibility index (Phi) is 6.18. The molecule has 2 heterocycles. The highest BCUT2D eigenvalue weighted by Gasteiger charge is 2.36. The molecule has 1 N–H and O–H groups in total. The van der Waals surface area contributed by atoms with E-state index in [2.05, 4.69) is 4.98 Å². The molecular weight excluding hydrogens is 370 g/mol. The Balaban J connectivity index is 2.20. The fraction of sp³-hybridized carbons (Fsp3) is 0.647. The maximum atomic E-state index is 14.3. The Bertz CT molecular complexity index is 676. The average Bonchev–Trinajstić information content (AvgIpc) is 2.53. The molecule has 1 fully saturated rings. The van der Waals surface area contributed by atoms with Crippen LogP contribution < -0.4 is 4.90 Å². The standard InChI is InChI=1S/C17H23F4N3O3/c1-16(2,3)27-15(26)23-5-6-24(12(10-23)4-7-25)14-13(18)8-11(9-22-14)17(19,20)21/h8-9,12,25H,4-7,10H2,1-3H3/t12-/m1/s1. The first-order valence-corrected chi connectivity index (χ1v) is 8.50. The second-order valence-electron chi connectivity index (χ2n) is 7.31. The van der Waals surface area contributed by atoms with E-state index in [1.165, 1.54) is 9.80 Å². The number of carbonyl (C=O) groups is 1. The molecule has 1 amide bonds. The Morgan fingerprint density at radius 1 is 1.33 bits per heavy atom. The summed E-state index contributed by atoms with van der Waals surface area (Å²) in [5.74, 6) is -1.33. The SMILES string of the molecule is CC(C)(C)OC(=O)N1CCN(c2ncc(C(F)(F)F)cc2F)[C@H](CCO)C1. The van der Waals surface area contributed by atoms with Crippen molar-refractivity contribution in [2.75, 3.05) is 31.1 Å². The molecule has 0 aromatic carbocycles. The molecule has 0 spiro atoms. The zero-order chi connectivity index (χ0) is 20.4. The van der Waals surface area contributed by atoms with Crippen molar-refractivity contribution in [3.63, 3.8) is 0 Å². The van der Waals surface area contributed by atoms with Gasteiger partial charge in [-0.3, -0.25) is 0 Å². The number of anilines is 1. The number of amides is 1. The lowest BCUT2D eigenvalue weighted by atomic mass is 10.1. The molecule has 152 valence electrons. The lowest BCUT2D eigenvalue weighted by Gasteiger charge is -2.42. The monoisotopic (exact) mass is 393 g/mol. The normalized spacial score (nSPS) is 18.6. The molecule has 0 radical (unpaired) electrons. The molecule has 0 saturated carbocycles. The van der Waals surface area contributed by atoms with Gasteiger partial charge in [-0.05, 0) is 33.3 Å². The van der Waals surface area contributed by atoms with E-state index in [4.69, 9.17) is 4.74 Å². The van der Waals surface area contributed by atoms with E-state index >= 15 is 0 Å². The van der Waals surface area contributed by atoms with Crippen LogP contribution in [0, 0.1) is 5.82 Å². The quantitative estimate of drug-likeness (QED) is 0.800.